The Morgan fingerprint density at radius 3 is 2.51 bits per heavy atom. The van der Waals surface area contributed by atoms with Gasteiger partial charge in [-0.2, -0.15) is 0 Å². The second kappa shape index (κ2) is 10.9. The average molecular weight is 560 g/mol. The third kappa shape index (κ3) is 6.17. The summed E-state index contributed by atoms with van der Waals surface area (Å²) in [5.74, 6) is -1.99. The first-order valence-electron chi connectivity index (χ1n) is 11.9. The Hall–Kier alpha value is -2.87. The molecule has 0 saturated heterocycles. The lowest BCUT2D eigenvalue weighted by Gasteiger charge is -2.22. The van der Waals surface area contributed by atoms with E-state index in [1.54, 1.807) is 0 Å². The van der Waals surface area contributed by atoms with Gasteiger partial charge in [0.1, 0.15) is 0 Å². The van der Waals surface area contributed by atoms with Gasteiger partial charge in [-0.3, -0.25) is 10.1 Å². The van der Waals surface area contributed by atoms with E-state index in [0.717, 1.165) is 41.8 Å². The van der Waals surface area contributed by atoms with Crippen LogP contribution in [0.5, 0.6) is 0 Å². The molecule has 0 aliphatic heterocycles. The normalized spacial score (nSPS) is 13.1. The van der Waals surface area contributed by atoms with Crippen molar-refractivity contribution in [2.75, 3.05) is 12.4 Å². The molecular weight excluding hydrogens is 531 g/mol. The van der Waals surface area contributed by atoms with Crippen molar-refractivity contribution in [3.63, 3.8) is 0 Å². The number of nitrogens with zero attached hydrogens (tertiary/aromatic N) is 1. The van der Waals surface area contributed by atoms with Crippen LogP contribution in [0.2, 0.25) is 10.0 Å². The number of ether oxygens (including phenoxy) is 1. The molecule has 1 heterocycles. The number of hydrogen-bond donors (Lipinski definition) is 2. The van der Waals surface area contributed by atoms with Crippen LogP contribution in [0.3, 0.4) is 0 Å². The molecular formula is C28H28Cl2N2O4S. The van der Waals surface area contributed by atoms with Gasteiger partial charge in [0.15, 0.2) is 5.13 Å². The number of carboxylic acid groups (broad SMARTS) is 1. The molecule has 1 aromatic heterocycles. The maximum atomic E-state index is 13.0. The van der Waals surface area contributed by atoms with Crippen LogP contribution in [0.25, 0.3) is 17.3 Å². The van der Waals surface area contributed by atoms with E-state index in [2.05, 4.69) is 44.3 Å². The second-order valence-corrected chi connectivity index (χ2v) is 12.0. The molecule has 0 bridgehead atoms. The smallest absolute Gasteiger partial charge is 0.371 e. The lowest BCUT2D eigenvalue weighted by Crippen LogP contribution is -2.12. The SMILES string of the molecule is CO/C(=C\c1c(Cl)cc(C(=O)Nc2nc3c(s2)CCc2c(CCC(C)(C)C)cccc2-3)cc1Cl)C(=O)O. The zero-order valence-corrected chi connectivity index (χ0v) is 23.4. The minimum atomic E-state index is -1.26. The number of methoxy groups -OCH3 is 1. The Morgan fingerprint density at radius 1 is 1.19 bits per heavy atom. The number of carbonyl (C=O) groups is 2. The minimum absolute atomic E-state index is 0.128. The van der Waals surface area contributed by atoms with Gasteiger partial charge in [0.05, 0.1) is 22.8 Å². The summed E-state index contributed by atoms with van der Waals surface area (Å²) >= 11 is 14.1. The van der Waals surface area contributed by atoms with Gasteiger partial charge in [0.2, 0.25) is 5.76 Å². The molecule has 4 rings (SSSR count). The molecule has 1 aliphatic rings. The summed E-state index contributed by atoms with van der Waals surface area (Å²) in [4.78, 5) is 30.2. The van der Waals surface area contributed by atoms with Crippen molar-refractivity contribution in [2.24, 2.45) is 5.41 Å². The van der Waals surface area contributed by atoms with Crippen molar-refractivity contribution in [3.8, 4) is 11.3 Å². The Labute approximate surface area is 230 Å². The summed E-state index contributed by atoms with van der Waals surface area (Å²) < 4.78 is 4.84. The first kappa shape index (κ1) is 27.2. The molecule has 0 radical (unpaired) electrons. The zero-order valence-electron chi connectivity index (χ0n) is 21.1. The number of halogens is 2. The van der Waals surface area contributed by atoms with Gasteiger partial charge >= 0.3 is 5.97 Å². The fraction of sp³-hybridized carbons (Fsp3) is 0.321. The van der Waals surface area contributed by atoms with Gasteiger partial charge in [-0.25, -0.2) is 9.78 Å². The van der Waals surface area contributed by atoms with Crippen LogP contribution in [0.1, 0.15) is 59.1 Å². The van der Waals surface area contributed by atoms with Crippen LogP contribution in [-0.4, -0.2) is 29.1 Å². The number of carbonyl (C=O) groups excluding carboxylic acids is 1. The number of thiazole rings is 1. The minimum Gasteiger partial charge on any atom is -0.490 e. The van der Waals surface area contributed by atoms with Crippen LogP contribution in [-0.2, 0) is 28.8 Å². The third-order valence-electron chi connectivity index (χ3n) is 6.24. The molecule has 2 N–H and O–H groups in total. The molecule has 37 heavy (non-hydrogen) atoms. The number of aromatic nitrogens is 1. The summed E-state index contributed by atoms with van der Waals surface area (Å²) in [7, 11) is 1.24. The highest BCUT2D eigenvalue weighted by Gasteiger charge is 2.24. The first-order valence-corrected chi connectivity index (χ1v) is 13.4. The van der Waals surface area contributed by atoms with E-state index in [1.165, 1.54) is 47.8 Å². The molecule has 2 aromatic carbocycles. The predicted octanol–water partition coefficient (Wildman–Crippen LogP) is 7.52. The topological polar surface area (TPSA) is 88.5 Å². The van der Waals surface area contributed by atoms with Crippen molar-refractivity contribution >= 4 is 57.6 Å². The maximum Gasteiger partial charge on any atom is 0.371 e. The number of rotatable bonds is 7. The number of aryl methyl sites for hydroxylation is 2. The highest BCUT2D eigenvalue weighted by molar-refractivity contribution is 7.16. The van der Waals surface area contributed by atoms with Crippen LogP contribution in [0.4, 0.5) is 5.13 Å². The predicted molar refractivity (Wildman–Crippen MR) is 150 cm³/mol. The largest absolute Gasteiger partial charge is 0.490 e. The molecule has 1 aliphatic carbocycles. The van der Waals surface area contributed by atoms with Crippen molar-refractivity contribution in [1.29, 1.82) is 0 Å². The second-order valence-electron chi connectivity index (χ2n) is 10.1. The molecule has 194 valence electrons. The van der Waals surface area contributed by atoms with Gasteiger partial charge in [0.25, 0.3) is 5.91 Å². The first-order chi connectivity index (χ1) is 17.5. The molecule has 9 heteroatoms. The molecule has 6 nitrogen and oxygen atoms in total. The Bertz CT molecular complexity index is 1380. The number of hydrogen-bond acceptors (Lipinski definition) is 5. The Kier molecular flexibility index (Phi) is 7.97. The van der Waals surface area contributed by atoms with E-state index in [-0.39, 0.29) is 32.3 Å². The fourth-order valence-electron chi connectivity index (χ4n) is 4.28. The summed E-state index contributed by atoms with van der Waals surface area (Å²) in [5.41, 5.74) is 5.54. The Balaban J connectivity index is 1.57. The lowest BCUT2D eigenvalue weighted by molar-refractivity contribution is -0.135. The molecule has 0 unspecified atom stereocenters. The Morgan fingerprint density at radius 2 is 1.89 bits per heavy atom. The number of aliphatic carboxylic acids is 1. The van der Waals surface area contributed by atoms with Crippen LogP contribution >= 0.6 is 34.5 Å². The summed E-state index contributed by atoms with van der Waals surface area (Å²) in [5, 5.41) is 12.8. The van der Waals surface area contributed by atoms with Gasteiger partial charge in [0, 0.05) is 21.6 Å². The number of nitrogens with one attached hydrogen (secondary N) is 1. The summed E-state index contributed by atoms with van der Waals surface area (Å²) in [6.45, 7) is 6.77. The monoisotopic (exact) mass is 558 g/mol. The standard InChI is InChI=1S/C28H28Cl2N2O4S/c1-28(2,3)11-10-15-6-5-7-18-17(15)8-9-23-24(18)31-27(37-23)32-25(33)16-12-20(29)19(21(30)13-16)14-22(36-4)26(34)35/h5-7,12-14H,8-11H2,1-4H3,(H,34,35)(H,31,32,33)/b22-14-. The number of anilines is 1. The molecule has 3 aromatic rings. The van der Waals surface area contributed by atoms with Gasteiger partial charge in [-0.15, -0.1) is 11.3 Å². The number of benzene rings is 2. The third-order valence-corrected chi connectivity index (χ3v) is 7.90. The maximum absolute atomic E-state index is 13.0. The van der Waals surface area contributed by atoms with Crippen molar-refractivity contribution in [2.45, 2.75) is 46.5 Å². The number of amides is 1. The fourth-order valence-corrected chi connectivity index (χ4v) is 5.85. The molecule has 1 amide bonds. The molecule has 0 atom stereocenters. The average Bonchev–Trinajstić information content (AvgIpc) is 3.24. The van der Waals surface area contributed by atoms with Crippen molar-refractivity contribution in [3.05, 3.63) is 73.3 Å². The van der Waals surface area contributed by atoms with Crippen LogP contribution in [0, 0.1) is 5.41 Å². The quantitative estimate of drug-likeness (QED) is 0.231. The van der Waals surface area contributed by atoms with E-state index in [9.17, 15) is 14.7 Å². The highest BCUT2D eigenvalue weighted by Crippen LogP contribution is 2.40. The highest BCUT2D eigenvalue weighted by atomic mass is 35.5. The van der Waals surface area contributed by atoms with E-state index in [1.807, 2.05) is 0 Å². The van der Waals surface area contributed by atoms with Crippen molar-refractivity contribution in [1.82, 2.24) is 4.98 Å². The van der Waals surface area contributed by atoms with Gasteiger partial charge in [-0.05, 0) is 60.4 Å². The molecule has 0 saturated carbocycles. The number of carboxylic acids is 1. The van der Waals surface area contributed by atoms with E-state index in [0.29, 0.717) is 5.13 Å². The number of fused-ring (bicyclic) bond motifs is 3. The summed E-state index contributed by atoms with van der Waals surface area (Å²) in [6.07, 6.45) is 5.19. The van der Waals surface area contributed by atoms with Gasteiger partial charge < -0.3 is 9.84 Å². The molecule has 0 fully saturated rings. The lowest BCUT2D eigenvalue weighted by atomic mass is 9.84. The zero-order chi connectivity index (χ0) is 26.9. The van der Waals surface area contributed by atoms with E-state index in [4.69, 9.17) is 32.9 Å². The van der Waals surface area contributed by atoms with Gasteiger partial charge in [-0.1, -0.05) is 62.2 Å². The van der Waals surface area contributed by atoms with E-state index < -0.39 is 11.9 Å². The van der Waals surface area contributed by atoms with Crippen LogP contribution < -0.4 is 5.32 Å². The summed E-state index contributed by atoms with van der Waals surface area (Å²) in [6, 6.07) is 9.28. The van der Waals surface area contributed by atoms with E-state index >= 15 is 0 Å². The van der Waals surface area contributed by atoms with Crippen LogP contribution in [0.15, 0.2) is 36.1 Å². The van der Waals surface area contributed by atoms with Crippen molar-refractivity contribution < 1.29 is 19.4 Å². The molecule has 0 spiro atoms.